The highest BCUT2D eigenvalue weighted by molar-refractivity contribution is 5.84. The molecule has 1 atom stereocenters. The Morgan fingerprint density at radius 3 is 0.895 bits per heavy atom. The molecular weight excluding hydrogens is 755 g/mol. The Morgan fingerprint density at radius 1 is 0.456 bits per heavy atom. The lowest BCUT2D eigenvalue weighted by Crippen LogP contribution is -2.42. The second kappa shape index (κ2) is 33.4. The fourth-order valence-electron chi connectivity index (χ4n) is 2.67. The molecule has 342 valence electrons. The number of nitrogens with one attached hydrogen (secondary N) is 6. The lowest BCUT2D eigenvalue weighted by atomic mass is 9.95. The molecule has 1 unspecified atom stereocenters. The van der Waals surface area contributed by atoms with Crippen molar-refractivity contribution in [2.24, 2.45) is 11.3 Å². The van der Waals surface area contributed by atoms with Crippen LogP contribution in [0, 0.1) is 11.3 Å². The van der Waals surface area contributed by atoms with Gasteiger partial charge in [-0.2, -0.15) is 17.6 Å². The van der Waals surface area contributed by atoms with Gasteiger partial charge in [-0.1, -0.05) is 48.5 Å². The molecule has 0 aliphatic carbocycles. The summed E-state index contributed by atoms with van der Waals surface area (Å²) in [6.45, 7) is 36.3. The molecule has 0 heterocycles. The molecule has 0 aromatic carbocycles. The molecule has 0 rings (SSSR count). The summed E-state index contributed by atoms with van der Waals surface area (Å²) in [4.78, 5) is 64.0. The Morgan fingerprint density at radius 2 is 0.754 bits per heavy atom. The van der Waals surface area contributed by atoms with Crippen LogP contribution in [0.4, 0.5) is 22.0 Å². The molecule has 0 aliphatic heterocycles. The van der Waals surface area contributed by atoms with Crippen LogP contribution >= 0.6 is 0 Å². The summed E-state index contributed by atoms with van der Waals surface area (Å²) < 4.78 is 61.2. The predicted molar refractivity (Wildman–Crippen MR) is 221 cm³/mol. The standard InChI is InChI=1S/C8H17NO.C7H13F2NO.C7H15NO.C6H11F2NO.C6H12FNO.C6H13NO/c1-6(2)9-7(10)8(3,4)5;1-4-7(8,9)6(11)10-5(2)3;1-5(2)7(9)8-6(3)4;1-4(2)9-5(10)6(3,7)8;1-4(2)8-6(9)5(3)7;1-4-6(8)7-5(2)3/h6H,1-5H3,(H,9,10);5H,4H2,1-3H3,(H,10,11);5-6H,1-4H3,(H,8,9);4H,1-3H3,(H,9,10);4-5H,1-3H3,(H,8,9);5H,4H2,1-3H3,(H,7,8). The third-order valence-electron chi connectivity index (χ3n) is 5.63. The van der Waals surface area contributed by atoms with Gasteiger partial charge < -0.3 is 31.9 Å². The van der Waals surface area contributed by atoms with E-state index in [1.807, 2.05) is 83.1 Å². The number of hydrogen-bond acceptors (Lipinski definition) is 6. The van der Waals surface area contributed by atoms with Crippen LogP contribution in [-0.4, -0.2) is 89.7 Å². The SMILES string of the molecule is CC(C)NC(=O)C(C)(C)C.CC(C)NC(=O)C(C)(F)F.CC(C)NC(=O)C(C)C.CC(C)NC(=O)C(C)F.CCC(=O)NC(C)C.CCC(F)(F)C(=O)NC(C)C. The van der Waals surface area contributed by atoms with E-state index in [2.05, 4.69) is 31.9 Å². The van der Waals surface area contributed by atoms with E-state index in [0.29, 0.717) is 13.3 Å². The van der Waals surface area contributed by atoms with Gasteiger partial charge in [0.25, 0.3) is 17.7 Å². The molecule has 12 nitrogen and oxygen atoms in total. The molecule has 0 aromatic rings. The summed E-state index contributed by atoms with van der Waals surface area (Å²) >= 11 is 0. The van der Waals surface area contributed by atoms with Gasteiger partial charge in [-0.3, -0.25) is 28.8 Å². The molecule has 0 aromatic heterocycles. The maximum Gasteiger partial charge on any atom is 0.324 e. The predicted octanol–water partition coefficient (Wildman–Crippen LogP) is 7.24. The average molecular weight is 837 g/mol. The number of carbonyl (C=O) groups excluding carboxylic acids is 6. The Kier molecular flexibility index (Phi) is 38.3. The van der Waals surface area contributed by atoms with E-state index < -0.39 is 42.2 Å². The number of halogens is 5. The Hall–Kier alpha value is -3.53. The van der Waals surface area contributed by atoms with Crippen LogP contribution in [0.1, 0.15) is 158 Å². The Balaban J connectivity index is -0.000000137. The van der Waals surface area contributed by atoms with Crippen LogP contribution in [0.15, 0.2) is 0 Å². The maximum absolute atomic E-state index is 12.5. The summed E-state index contributed by atoms with van der Waals surface area (Å²) in [5.74, 6) is -8.95. The first-order valence-electron chi connectivity index (χ1n) is 19.5. The minimum Gasteiger partial charge on any atom is -0.354 e. The van der Waals surface area contributed by atoms with E-state index in [0.717, 1.165) is 0 Å². The van der Waals surface area contributed by atoms with Crippen molar-refractivity contribution < 1.29 is 50.7 Å². The molecule has 0 saturated carbocycles. The first kappa shape index (κ1) is 65.3. The number of alkyl halides is 5. The number of carbonyl (C=O) groups is 6. The Labute approximate surface area is 341 Å². The van der Waals surface area contributed by atoms with E-state index in [1.54, 1.807) is 41.5 Å². The molecule has 0 bridgehead atoms. The van der Waals surface area contributed by atoms with E-state index in [4.69, 9.17) is 0 Å². The van der Waals surface area contributed by atoms with Crippen LogP contribution in [0.2, 0.25) is 0 Å². The summed E-state index contributed by atoms with van der Waals surface area (Å²) in [5, 5.41) is 15.1. The van der Waals surface area contributed by atoms with E-state index in [1.165, 1.54) is 13.8 Å². The molecule has 6 N–H and O–H groups in total. The summed E-state index contributed by atoms with van der Waals surface area (Å²) in [6.07, 6.45) is -1.27. The second-order valence-corrected chi connectivity index (χ2v) is 16.3. The highest BCUT2D eigenvalue weighted by atomic mass is 19.3. The minimum absolute atomic E-state index is 0.0238. The molecule has 0 spiro atoms. The largest absolute Gasteiger partial charge is 0.354 e. The zero-order chi connectivity index (χ0) is 47.2. The van der Waals surface area contributed by atoms with Crippen LogP contribution in [0.25, 0.3) is 0 Å². The number of rotatable bonds is 12. The molecule has 0 saturated heterocycles. The van der Waals surface area contributed by atoms with Crippen molar-refractivity contribution >= 4 is 35.4 Å². The van der Waals surface area contributed by atoms with E-state index in [-0.39, 0.29) is 65.3 Å². The van der Waals surface area contributed by atoms with Crippen molar-refractivity contribution in [3.63, 3.8) is 0 Å². The smallest absolute Gasteiger partial charge is 0.324 e. The van der Waals surface area contributed by atoms with Crippen molar-refractivity contribution in [3.05, 3.63) is 0 Å². The fraction of sp³-hybridized carbons (Fsp3) is 0.850. The topological polar surface area (TPSA) is 175 Å². The van der Waals surface area contributed by atoms with E-state index >= 15 is 0 Å². The van der Waals surface area contributed by atoms with Crippen molar-refractivity contribution in [2.75, 3.05) is 0 Å². The van der Waals surface area contributed by atoms with Gasteiger partial charge in [-0.15, -0.1) is 0 Å². The van der Waals surface area contributed by atoms with Gasteiger partial charge in [0.05, 0.1) is 0 Å². The van der Waals surface area contributed by atoms with Crippen molar-refractivity contribution in [2.45, 2.75) is 213 Å². The zero-order valence-electron chi connectivity index (χ0n) is 38.9. The molecule has 17 heteroatoms. The quantitative estimate of drug-likeness (QED) is 0.113. The third kappa shape index (κ3) is 50.5. The van der Waals surface area contributed by atoms with Crippen LogP contribution < -0.4 is 31.9 Å². The van der Waals surface area contributed by atoms with Crippen molar-refractivity contribution in [1.29, 1.82) is 0 Å². The molecule has 0 radical (unpaired) electrons. The summed E-state index contributed by atoms with van der Waals surface area (Å²) in [6, 6.07) is 0.336. The van der Waals surface area contributed by atoms with Crippen LogP contribution in [-0.2, 0) is 28.8 Å². The normalized spacial score (nSPS) is 11.5. The van der Waals surface area contributed by atoms with Crippen LogP contribution in [0.3, 0.4) is 0 Å². The summed E-state index contributed by atoms with van der Waals surface area (Å²) in [5.41, 5.74) is -0.260. The monoisotopic (exact) mass is 837 g/mol. The third-order valence-corrected chi connectivity index (χ3v) is 5.63. The van der Waals surface area contributed by atoms with Gasteiger partial charge in [-0.25, -0.2) is 4.39 Å². The highest BCUT2D eigenvalue weighted by Gasteiger charge is 2.36. The fourth-order valence-corrected chi connectivity index (χ4v) is 2.67. The maximum atomic E-state index is 12.5. The van der Waals surface area contributed by atoms with Crippen molar-refractivity contribution in [1.82, 2.24) is 31.9 Å². The first-order valence-corrected chi connectivity index (χ1v) is 19.5. The first-order chi connectivity index (χ1) is 25.3. The lowest BCUT2D eigenvalue weighted by Gasteiger charge is -2.19. The van der Waals surface area contributed by atoms with E-state index in [9.17, 15) is 50.7 Å². The second-order valence-electron chi connectivity index (χ2n) is 16.3. The highest BCUT2D eigenvalue weighted by Crippen LogP contribution is 2.17. The van der Waals surface area contributed by atoms with Gasteiger partial charge in [-0.05, 0) is 90.0 Å². The van der Waals surface area contributed by atoms with Gasteiger partial charge in [0.2, 0.25) is 17.7 Å². The number of hydrogen-bond donors (Lipinski definition) is 6. The average Bonchev–Trinajstić information content (AvgIpc) is 2.99. The molecule has 57 heavy (non-hydrogen) atoms. The minimum atomic E-state index is -3.26. The lowest BCUT2D eigenvalue weighted by molar-refractivity contribution is -0.146. The molecule has 6 amide bonds. The zero-order valence-corrected chi connectivity index (χ0v) is 38.9. The van der Waals surface area contributed by atoms with Gasteiger partial charge in [0.15, 0.2) is 6.17 Å². The van der Waals surface area contributed by atoms with Gasteiger partial charge in [0, 0.05) is 67.3 Å². The van der Waals surface area contributed by atoms with Crippen LogP contribution in [0.5, 0.6) is 0 Å². The van der Waals surface area contributed by atoms with Gasteiger partial charge in [0.1, 0.15) is 0 Å². The summed E-state index contributed by atoms with van der Waals surface area (Å²) in [7, 11) is 0. The number of amides is 6. The molecular formula is C40H81F5N6O6. The molecule has 0 aliphatic rings. The van der Waals surface area contributed by atoms with Crippen molar-refractivity contribution in [3.8, 4) is 0 Å². The Bertz CT molecular complexity index is 1060. The van der Waals surface area contributed by atoms with Gasteiger partial charge >= 0.3 is 11.8 Å². The molecule has 0 fully saturated rings.